The summed E-state index contributed by atoms with van der Waals surface area (Å²) in [6, 6.07) is 0. The van der Waals surface area contributed by atoms with Crippen molar-refractivity contribution in [1.29, 1.82) is 0 Å². The van der Waals surface area contributed by atoms with E-state index in [1.807, 2.05) is 0 Å². The third-order valence-corrected chi connectivity index (χ3v) is 7.49. The second-order valence-corrected chi connectivity index (χ2v) is 9.81. The van der Waals surface area contributed by atoms with E-state index in [1.165, 1.54) is 25.0 Å². The van der Waals surface area contributed by atoms with E-state index in [0.29, 0.717) is 12.5 Å². The van der Waals surface area contributed by atoms with Crippen LogP contribution in [0.1, 0.15) is 73.6 Å². The van der Waals surface area contributed by atoms with Crippen LogP contribution in [-0.4, -0.2) is 30.9 Å². The lowest BCUT2D eigenvalue weighted by Crippen LogP contribution is -2.59. The van der Waals surface area contributed by atoms with Crippen LogP contribution in [0.15, 0.2) is 23.3 Å². The Morgan fingerprint density at radius 2 is 1.86 bits per heavy atom. The number of ether oxygens (including phenoxy) is 3. The van der Waals surface area contributed by atoms with Crippen LogP contribution in [0.5, 0.6) is 0 Å². The highest BCUT2D eigenvalue weighted by atomic mass is 16.7. The Hall–Kier alpha value is -1.62. The van der Waals surface area contributed by atoms with Gasteiger partial charge in [0.05, 0.1) is 12.5 Å². The molecule has 1 saturated carbocycles. The van der Waals surface area contributed by atoms with Crippen molar-refractivity contribution in [3.63, 3.8) is 0 Å². The fourth-order valence-electron chi connectivity index (χ4n) is 6.21. The summed E-state index contributed by atoms with van der Waals surface area (Å²) < 4.78 is 17.4. The summed E-state index contributed by atoms with van der Waals surface area (Å²) in [7, 11) is 0. The molecule has 1 aliphatic heterocycles. The highest BCUT2D eigenvalue weighted by Gasteiger charge is 2.63. The van der Waals surface area contributed by atoms with E-state index in [1.54, 1.807) is 0 Å². The molecule has 0 aromatic carbocycles. The third kappa shape index (κ3) is 4.16. The molecular formula is C24H36O5. The maximum absolute atomic E-state index is 11.9. The smallest absolute Gasteiger partial charge is 0.304 e. The second-order valence-electron chi connectivity index (χ2n) is 9.81. The molecule has 3 rings (SSSR count). The Balaban J connectivity index is 1.99. The van der Waals surface area contributed by atoms with Crippen molar-refractivity contribution in [2.75, 3.05) is 6.61 Å². The average Bonchev–Trinajstić information content (AvgIpc) is 3.00. The maximum Gasteiger partial charge on any atom is 0.304 e. The lowest BCUT2D eigenvalue weighted by molar-refractivity contribution is -0.213. The minimum atomic E-state index is -0.607. The molecule has 5 nitrogen and oxygen atoms in total. The summed E-state index contributed by atoms with van der Waals surface area (Å²) in [5, 5.41) is 0. The summed E-state index contributed by atoms with van der Waals surface area (Å²) >= 11 is 0. The molecule has 0 N–H and O–H groups in total. The lowest BCUT2D eigenvalue weighted by atomic mass is 9.46. The van der Waals surface area contributed by atoms with Crippen molar-refractivity contribution in [3.05, 3.63) is 23.3 Å². The molecule has 2 aliphatic carbocycles. The number of fused-ring (bicyclic) bond motifs is 3. The van der Waals surface area contributed by atoms with Gasteiger partial charge in [-0.05, 0) is 62.9 Å². The molecule has 2 fully saturated rings. The molecule has 0 amide bonds. The van der Waals surface area contributed by atoms with Gasteiger partial charge < -0.3 is 14.2 Å². The van der Waals surface area contributed by atoms with Crippen molar-refractivity contribution in [3.8, 4) is 0 Å². The van der Waals surface area contributed by atoms with E-state index in [-0.39, 0.29) is 34.8 Å². The summed E-state index contributed by atoms with van der Waals surface area (Å²) in [5.74, 6) is -0.333. The van der Waals surface area contributed by atoms with Crippen LogP contribution in [0.25, 0.3) is 0 Å². The van der Waals surface area contributed by atoms with E-state index in [2.05, 4.69) is 39.8 Å². The first-order valence-corrected chi connectivity index (χ1v) is 10.9. The number of hydrogen-bond donors (Lipinski definition) is 0. The summed E-state index contributed by atoms with van der Waals surface area (Å²) in [6.07, 6.45) is 8.74. The molecule has 6 atom stereocenters. The van der Waals surface area contributed by atoms with Crippen molar-refractivity contribution in [1.82, 2.24) is 0 Å². The van der Waals surface area contributed by atoms with Gasteiger partial charge in [-0.3, -0.25) is 9.59 Å². The van der Waals surface area contributed by atoms with Gasteiger partial charge in [0.15, 0.2) is 0 Å². The molecule has 0 aromatic rings. The third-order valence-electron chi connectivity index (χ3n) is 7.49. The van der Waals surface area contributed by atoms with E-state index in [0.717, 1.165) is 32.1 Å². The van der Waals surface area contributed by atoms with Gasteiger partial charge in [-0.15, -0.1) is 0 Å². The van der Waals surface area contributed by atoms with Gasteiger partial charge in [0.25, 0.3) is 0 Å². The number of hydrogen-bond acceptors (Lipinski definition) is 5. The SMILES string of the molecule is CC(=O)O[C@@H]1OCC2=CCC3[C@](C)(CCC=C(C)C)CC[C@@H](OC(C)=O)[C@]3(C)[C@H]21. The molecule has 3 aliphatic rings. The largest absolute Gasteiger partial charge is 0.462 e. The molecule has 1 saturated heterocycles. The van der Waals surface area contributed by atoms with Crippen LogP contribution in [0.3, 0.4) is 0 Å². The molecule has 0 radical (unpaired) electrons. The average molecular weight is 405 g/mol. The van der Waals surface area contributed by atoms with Gasteiger partial charge in [-0.2, -0.15) is 0 Å². The number of carbonyl (C=O) groups excluding carboxylic acids is 2. The van der Waals surface area contributed by atoms with Crippen LogP contribution in [-0.2, 0) is 23.8 Å². The Bertz CT molecular complexity index is 719. The Labute approximate surface area is 174 Å². The molecule has 162 valence electrons. The van der Waals surface area contributed by atoms with Crippen molar-refractivity contribution in [2.24, 2.45) is 22.7 Å². The van der Waals surface area contributed by atoms with E-state index in [9.17, 15) is 9.59 Å². The quantitative estimate of drug-likeness (QED) is 0.479. The zero-order valence-corrected chi connectivity index (χ0v) is 18.7. The van der Waals surface area contributed by atoms with Crippen LogP contribution in [0.2, 0.25) is 0 Å². The maximum atomic E-state index is 11.9. The zero-order chi connectivity index (χ0) is 21.4. The molecule has 1 unspecified atom stereocenters. The number of allylic oxidation sites excluding steroid dienone is 3. The van der Waals surface area contributed by atoms with E-state index in [4.69, 9.17) is 14.2 Å². The Kier molecular flexibility index (Phi) is 6.28. The van der Waals surface area contributed by atoms with Crippen molar-refractivity contribution < 1.29 is 23.8 Å². The minimum Gasteiger partial charge on any atom is -0.462 e. The molecular weight excluding hydrogens is 368 g/mol. The highest BCUT2D eigenvalue weighted by molar-refractivity contribution is 5.66. The standard InChI is InChI=1S/C24H36O5/c1-15(2)8-7-12-23(5)13-11-20(28-16(3)25)24(6)19(23)10-9-18-14-27-22(21(18)24)29-17(4)26/h8-9,19-22H,7,10-14H2,1-6H3/t19?,20-,21-,22+,23-,24-/m1/s1. The van der Waals surface area contributed by atoms with Gasteiger partial charge in [-0.25, -0.2) is 0 Å². The summed E-state index contributed by atoms with van der Waals surface area (Å²) in [5.41, 5.74) is 2.32. The van der Waals surface area contributed by atoms with Crippen LogP contribution in [0.4, 0.5) is 0 Å². The van der Waals surface area contributed by atoms with Crippen LogP contribution in [0, 0.1) is 22.7 Å². The zero-order valence-electron chi connectivity index (χ0n) is 18.7. The van der Waals surface area contributed by atoms with Crippen LogP contribution < -0.4 is 0 Å². The van der Waals surface area contributed by atoms with Gasteiger partial charge in [0, 0.05) is 19.3 Å². The first-order chi connectivity index (χ1) is 13.6. The Morgan fingerprint density at radius 1 is 1.17 bits per heavy atom. The lowest BCUT2D eigenvalue weighted by Gasteiger charge is -2.59. The fourth-order valence-corrected chi connectivity index (χ4v) is 6.21. The second kappa shape index (κ2) is 8.25. The summed E-state index contributed by atoms with van der Waals surface area (Å²) in [6.45, 7) is 12.3. The summed E-state index contributed by atoms with van der Waals surface area (Å²) in [4.78, 5) is 23.6. The topological polar surface area (TPSA) is 61.8 Å². The monoisotopic (exact) mass is 404 g/mol. The number of carbonyl (C=O) groups is 2. The fraction of sp³-hybridized carbons (Fsp3) is 0.750. The first kappa shape index (κ1) is 22.1. The van der Waals surface area contributed by atoms with Gasteiger partial charge >= 0.3 is 11.9 Å². The van der Waals surface area contributed by atoms with Gasteiger partial charge in [-0.1, -0.05) is 31.6 Å². The van der Waals surface area contributed by atoms with E-state index >= 15 is 0 Å². The first-order valence-electron chi connectivity index (χ1n) is 10.9. The van der Waals surface area contributed by atoms with Crippen molar-refractivity contribution >= 4 is 11.9 Å². The van der Waals surface area contributed by atoms with Gasteiger partial charge in [0.1, 0.15) is 6.10 Å². The highest BCUT2D eigenvalue weighted by Crippen LogP contribution is 2.64. The molecule has 0 bridgehead atoms. The van der Waals surface area contributed by atoms with Crippen LogP contribution >= 0.6 is 0 Å². The Morgan fingerprint density at radius 3 is 2.48 bits per heavy atom. The minimum absolute atomic E-state index is 0.0717. The van der Waals surface area contributed by atoms with Crippen molar-refractivity contribution in [2.45, 2.75) is 86.0 Å². The normalized spacial score (nSPS) is 38.3. The number of esters is 2. The van der Waals surface area contributed by atoms with Gasteiger partial charge in [0.2, 0.25) is 6.29 Å². The molecule has 29 heavy (non-hydrogen) atoms. The molecule has 0 aromatic heterocycles. The number of rotatable bonds is 5. The predicted molar refractivity (Wildman–Crippen MR) is 111 cm³/mol. The molecule has 1 heterocycles. The molecule has 5 heteroatoms. The van der Waals surface area contributed by atoms with E-state index < -0.39 is 6.29 Å². The predicted octanol–water partition coefficient (Wildman–Crippen LogP) is 4.95. The molecule has 0 spiro atoms.